The molecule has 1 atom stereocenters. The summed E-state index contributed by atoms with van der Waals surface area (Å²) >= 11 is 6.19. The van der Waals surface area contributed by atoms with Crippen LogP contribution < -0.4 is 10.1 Å². The third kappa shape index (κ3) is 4.98. The molecule has 1 unspecified atom stereocenters. The third-order valence-corrected chi connectivity index (χ3v) is 5.29. The van der Waals surface area contributed by atoms with Crippen molar-refractivity contribution in [2.75, 3.05) is 0 Å². The van der Waals surface area contributed by atoms with Gasteiger partial charge in [-0.25, -0.2) is 4.68 Å². The van der Waals surface area contributed by atoms with Crippen molar-refractivity contribution < 1.29 is 9.53 Å². The van der Waals surface area contributed by atoms with E-state index in [1.807, 2.05) is 72.4 Å². The predicted molar refractivity (Wildman–Crippen MR) is 125 cm³/mol. The van der Waals surface area contributed by atoms with Crippen LogP contribution in [0.2, 0.25) is 5.02 Å². The lowest BCUT2D eigenvalue weighted by atomic mass is 10.1. The van der Waals surface area contributed by atoms with Crippen molar-refractivity contribution in [3.05, 3.63) is 95.4 Å². The molecule has 0 bridgehead atoms. The molecule has 0 aliphatic heterocycles. The van der Waals surface area contributed by atoms with Crippen LogP contribution in [0.15, 0.2) is 79.3 Å². The molecule has 0 saturated heterocycles. The zero-order valence-electron chi connectivity index (χ0n) is 17.8. The zero-order valence-corrected chi connectivity index (χ0v) is 18.6. The standard InChI is InChI=1S/C25H23ClN4O2/c1-17-8-9-22(26)23(14-17)32-18(2)25(31)28-15-20-16-30(21-6-4-3-5-7-21)29-24(20)19-10-12-27-13-11-19/h3-14,16,18H,15H2,1-2H3,(H,28,31). The van der Waals surface area contributed by atoms with Gasteiger partial charge in [-0.15, -0.1) is 0 Å². The Morgan fingerprint density at radius 3 is 2.62 bits per heavy atom. The fraction of sp³-hybridized carbons (Fsp3) is 0.160. The number of aromatic nitrogens is 3. The summed E-state index contributed by atoms with van der Waals surface area (Å²) in [6, 6.07) is 19.1. The van der Waals surface area contributed by atoms with Crippen molar-refractivity contribution in [2.24, 2.45) is 0 Å². The summed E-state index contributed by atoms with van der Waals surface area (Å²) in [5, 5.41) is 8.18. The molecule has 4 aromatic rings. The minimum atomic E-state index is -0.706. The van der Waals surface area contributed by atoms with E-state index in [9.17, 15) is 4.79 Å². The summed E-state index contributed by atoms with van der Waals surface area (Å²) in [7, 11) is 0. The average molecular weight is 447 g/mol. The summed E-state index contributed by atoms with van der Waals surface area (Å²) in [6.07, 6.45) is 4.67. The largest absolute Gasteiger partial charge is 0.479 e. The number of amides is 1. The number of aryl methyl sites for hydroxylation is 1. The Balaban J connectivity index is 1.52. The molecule has 2 heterocycles. The van der Waals surface area contributed by atoms with Crippen LogP contribution in [-0.4, -0.2) is 26.8 Å². The van der Waals surface area contributed by atoms with E-state index in [1.165, 1.54) is 0 Å². The SMILES string of the molecule is Cc1ccc(Cl)c(OC(C)C(=O)NCc2cn(-c3ccccc3)nc2-c2ccncc2)c1. The minimum absolute atomic E-state index is 0.240. The zero-order chi connectivity index (χ0) is 22.5. The van der Waals surface area contributed by atoms with E-state index < -0.39 is 6.10 Å². The number of halogens is 1. The average Bonchev–Trinajstić information content (AvgIpc) is 3.25. The second kappa shape index (κ2) is 9.66. The summed E-state index contributed by atoms with van der Waals surface area (Å²) in [5.41, 5.74) is 4.54. The minimum Gasteiger partial charge on any atom is -0.479 e. The molecule has 0 fully saturated rings. The number of ether oxygens (including phenoxy) is 1. The van der Waals surface area contributed by atoms with E-state index in [0.29, 0.717) is 17.3 Å². The number of pyridine rings is 1. The van der Waals surface area contributed by atoms with Crippen LogP contribution >= 0.6 is 11.6 Å². The summed E-state index contributed by atoms with van der Waals surface area (Å²) in [4.78, 5) is 16.8. The van der Waals surface area contributed by atoms with Crippen molar-refractivity contribution in [3.8, 4) is 22.7 Å². The van der Waals surface area contributed by atoms with Crippen molar-refractivity contribution in [1.29, 1.82) is 0 Å². The highest BCUT2D eigenvalue weighted by Gasteiger charge is 2.18. The molecule has 0 spiro atoms. The lowest BCUT2D eigenvalue weighted by Crippen LogP contribution is -2.36. The lowest BCUT2D eigenvalue weighted by Gasteiger charge is -2.16. The van der Waals surface area contributed by atoms with Gasteiger partial charge in [0.05, 0.1) is 16.4 Å². The van der Waals surface area contributed by atoms with Crippen molar-refractivity contribution in [1.82, 2.24) is 20.1 Å². The van der Waals surface area contributed by atoms with Gasteiger partial charge in [0.25, 0.3) is 5.91 Å². The molecule has 2 aromatic heterocycles. The molecule has 4 rings (SSSR count). The molecule has 6 nitrogen and oxygen atoms in total. The highest BCUT2D eigenvalue weighted by molar-refractivity contribution is 6.32. The Hall–Kier alpha value is -3.64. The fourth-order valence-corrected chi connectivity index (χ4v) is 3.44. The van der Waals surface area contributed by atoms with E-state index in [-0.39, 0.29) is 5.91 Å². The highest BCUT2D eigenvalue weighted by Crippen LogP contribution is 2.26. The Morgan fingerprint density at radius 1 is 1.12 bits per heavy atom. The Labute approximate surface area is 191 Å². The summed E-state index contributed by atoms with van der Waals surface area (Å²) in [6.45, 7) is 3.95. The van der Waals surface area contributed by atoms with Crippen molar-refractivity contribution in [3.63, 3.8) is 0 Å². The molecular formula is C25H23ClN4O2. The van der Waals surface area contributed by atoms with Crippen molar-refractivity contribution in [2.45, 2.75) is 26.5 Å². The number of nitrogens with one attached hydrogen (secondary N) is 1. The van der Waals surface area contributed by atoms with Gasteiger partial charge in [0.15, 0.2) is 6.10 Å². The first kappa shape index (κ1) is 21.6. The van der Waals surface area contributed by atoms with E-state index in [2.05, 4.69) is 10.3 Å². The van der Waals surface area contributed by atoms with Gasteiger partial charge in [-0.3, -0.25) is 9.78 Å². The van der Waals surface area contributed by atoms with Crippen LogP contribution in [0.5, 0.6) is 5.75 Å². The molecular weight excluding hydrogens is 424 g/mol. The topological polar surface area (TPSA) is 69.0 Å². The smallest absolute Gasteiger partial charge is 0.261 e. The first-order valence-electron chi connectivity index (χ1n) is 10.3. The number of benzene rings is 2. The van der Waals surface area contributed by atoms with Crippen LogP contribution in [0, 0.1) is 6.92 Å². The molecule has 0 saturated carbocycles. The molecule has 7 heteroatoms. The Kier molecular flexibility index (Phi) is 6.52. The highest BCUT2D eigenvalue weighted by atomic mass is 35.5. The second-order valence-corrected chi connectivity index (χ2v) is 7.84. The van der Waals surface area contributed by atoms with E-state index in [0.717, 1.165) is 28.1 Å². The van der Waals surface area contributed by atoms with Gasteiger partial charge in [0, 0.05) is 36.3 Å². The molecule has 1 amide bonds. The number of carbonyl (C=O) groups is 1. The number of nitrogens with zero attached hydrogens (tertiary/aromatic N) is 3. The maximum absolute atomic E-state index is 12.7. The first-order chi connectivity index (χ1) is 15.5. The summed E-state index contributed by atoms with van der Waals surface area (Å²) in [5.74, 6) is 0.249. The van der Waals surface area contributed by atoms with Gasteiger partial charge in [-0.1, -0.05) is 35.9 Å². The van der Waals surface area contributed by atoms with Crippen LogP contribution in [-0.2, 0) is 11.3 Å². The Bertz CT molecular complexity index is 1210. The van der Waals surface area contributed by atoms with Gasteiger partial charge in [0.1, 0.15) is 5.75 Å². The van der Waals surface area contributed by atoms with Gasteiger partial charge in [-0.05, 0) is 55.8 Å². The van der Waals surface area contributed by atoms with Crippen molar-refractivity contribution >= 4 is 17.5 Å². The number of rotatable bonds is 7. The second-order valence-electron chi connectivity index (χ2n) is 7.43. The van der Waals surface area contributed by atoms with E-state index >= 15 is 0 Å². The predicted octanol–water partition coefficient (Wildman–Crippen LogP) is 4.98. The van der Waals surface area contributed by atoms with Gasteiger partial charge in [0.2, 0.25) is 0 Å². The molecule has 2 aromatic carbocycles. The molecule has 1 N–H and O–H groups in total. The summed E-state index contributed by atoms with van der Waals surface area (Å²) < 4.78 is 7.60. The normalized spacial score (nSPS) is 11.7. The third-order valence-electron chi connectivity index (χ3n) is 4.98. The van der Waals surface area contributed by atoms with Gasteiger partial charge in [-0.2, -0.15) is 5.10 Å². The van der Waals surface area contributed by atoms with Crippen LogP contribution in [0.1, 0.15) is 18.1 Å². The van der Waals surface area contributed by atoms with E-state index in [1.54, 1.807) is 25.4 Å². The quantitative estimate of drug-likeness (QED) is 0.434. The molecule has 0 aliphatic carbocycles. The van der Waals surface area contributed by atoms with Gasteiger partial charge < -0.3 is 10.1 Å². The maximum atomic E-state index is 12.7. The first-order valence-corrected chi connectivity index (χ1v) is 10.6. The monoisotopic (exact) mass is 446 g/mol. The van der Waals surface area contributed by atoms with Crippen LogP contribution in [0.3, 0.4) is 0 Å². The number of hydrogen-bond acceptors (Lipinski definition) is 4. The molecule has 32 heavy (non-hydrogen) atoms. The molecule has 0 aliphatic rings. The fourth-order valence-electron chi connectivity index (χ4n) is 3.28. The molecule has 0 radical (unpaired) electrons. The Morgan fingerprint density at radius 2 is 1.88 bits per heavy atom. The number of hydrogen-bond donors (Lipinski definition) is 1. The van der Waals surface area contributed by atoms with Gasteiger partial charge >= 0.3 is 0 Å². The molecule has 162 valence electrons. The lowest BCUT2D eigenvalue weighted by molar-refractivity contribution is -0.127. The van der Waals surface area contributed by atoms with Crippen LogP contribution in [0.25, 0.3) is 16.9 Å². The number of para-hydroxylation sites is 1. The number of carbonyl (C=O) groups excluding carboxylic acids is 1. The maximum Gasteiger partial charge on any atom is 0.261 e. The van der Waals surface area contributed by atoms with E-state index in [4.69, 9.17) is 21.4 Å². The van der Waals surface area contributed by atoms with Crippen LogP contribution in [0.4, 0.5) is 0 Å².